The van der Waals surface area contributed by atoms with Crippen molar-refractivity contribution in [2.75, 3.05) is 13.1 Å². The zero-order valence-corrected chi connectivity index (χ0v) is 12.0. The molecule has 0 bridgehead atoms. The Balaban J connectivity index is 1.93. The van der Waals surface area contributed by atoms with Gasteiger partial charge in [0.1, 0.15) is 6.04 Å². The Morgan fingerprint density at radius 3 is 3.11 bits per heavy atom. The molecule has 1 aliphatic rings. The normalized spacial score (nSPS) is 19.1. The Hall–Kier alpha value is -1.13. The van der Waals surface area contributed by atoms with Crippen LogP contribution in [0.15, 0.2) is 24.1 Å². The number of rotatable bonds is 7. The molecule has 3 nitrogen and oxygen atoms in total. The van der Waals surface area contributed by atoms with Gasteiger partial charge in [-0.3, -0.25) is 9.69 Å². The Morgan fingerprint density at radius 1 is 1.53 bits per heavy atom. The van der Waals surface area contributed by atoms with Gasteiger partial charge in [-0.05, 0) is 49.2 Å². The van der Waals surface area contributed by atoms with Gasteiger partial charge in [-0.25, -0.2) is 0 Å². The summed E-state index contributed by atoms with van der Waals surface area (Å²) in [6.45, 7) is 5.46. The number of nitrogens with zero attached hydrogens (tertiary/aromatic N) is 1. The molecule has 0 aromatic carbocycles. The molecule has 19 heavy (non-hydrogen) atoms. The van der Waals surface area contributed by atoms with Gasteiger partial charge >= 0.3 is 5.97 Å². The van der Waals surface area contributed by atoms with Gasteiger partial charge in [0.05, 0.1) is 0 Å². The molecule has 1 aromatic heterocycles. The summed E-state index contributed by atoms with van der Waals surface area (Å²) in [5.74, 6) is -0.717. The SMILES string of the molecule is C=CCCCCCN1CCc2sccc2C1C(=O)O. The molecule has 2 rings (SSSR count). The van der Waals surface area contributed by atoms with Crippen molar-refractivity contribution in [1.82, 2.24) is 4.90 Å². The first kappa shape index (κ1) is 14.3. The third-order valence-electron chi connectivity index (χ3n) is 3.65. The number of thiophene rings is 1. The summed E-state index contributed by atoms with van der Waals surface area (Å²) in [6, 6.07) is 1.54. The standard InChI is InChI=1S/C15H21NO2S/c1-2-3-4-5-6-9-16-10-7-13-12(8-11-19-13)14(16)15(17)18/h2,8,11,14H,1,3-7,9-10H2,(H,17,18). The van der Waals surface area contributed by atoms with Crippen LogP contribution < -0.4 is 0 Å². The summed E-state index contributed by atoms with van der Waals surface area (Å²) in [6.07, 6.45) is 7.35. The van der Waals surface area contributed by atoms with E-state index in [1.807, 2.05) is 17.5 Å². The van der Waals surface area contributed by atoms with E-state index in [9.17, 15) is 9.90 Å². The molecular formula is C15H21NO2S. The molecule has 0 aliphatic carbocycles. The van der Waals surface area contributed by atoms with E-state index in [0.717, 1.165) is 50.8 Å². The van der Waals surface area contributed by atoms with Crippen molar-refractivity contribution in [3.8, 4) is 0 Å². The first-order chi connectivity index (χ1) is 9.24. The summed E-state index contributed by atoms with van der Waals surface area (Å²) >= 11 is 1.68. The quantitative estimate of drug-likeness (QED) is 0.613. The summed E-state index contributed by atoms with van der Waals surface area (Å²) in [5, 5.41) is 11.5. The molecule has 1 aliphatic heterocycles. The number of carboxylic acid groups (broad SMARTS) is 1. The van der Waals surface area contributed by atoms with Crippen molar-refractivity contribution in [3.05, 3.63) is 34.5 Å². The van der Waals surface area contributed by atoms with Gasteiger partial charge in [0.2, 0.25) is 0 Å². The molecule has 0 saturated heterocycles. The van der Waals surface area contributed by atoms with Crippen LogP contribution in [0.5, 0.6) is 0 Å². The third-order valence-corrected chi connectivity index (χ3v) is 4.65. The maximum Gasteiger partial charge on any atom is 0.325 e. The third kappa shape index (κ3) is 3.45. The molecular weight excluding hydrogens is 258 g/mol. The number of fused-ring (bicyclic) bond motifs is 1. The molecule has 0 radical (unpaired) electrons. The number of carbonyl (C=O) groups is 1. The Labute approximate surface area is 118 Å². The van der Waals surface area contributed by atoms with E-state index in [-0.39, 0.29) is 0 Å². The lowest BCUT2D eigenvalue weighted by atomic mass is 9.99. The first-order valence-corrected chi connectivity index (χ1v) is 7.76. The zero-order chi connectivity index (χ0) is 13.7. The predicted octanol–water partition coefficient (Wildman–Crippen LogP) is 3.48. The fraction of sp³-hybridized carbons (Fsp3) is 0.533. The fourth-order valence-corrected chi connectivity index (χ4v) is 3.58. The van der Waals surface area contributed by atoms with Crippen molar-refractivity contribution in [1.29, 1.82) is 0 Å². The summed E-state index contributed by atoms with van der Waals surface area (Å²) in [7, 11) is 0. The van der Waals surface area contributed by atoms with Crippen LogP contribution in [0.1, 0.15) is 42.2 Å². The van der Waals surface area contributed by atoms with Crippen molar-refractivity contribution in [2.45, 2.75) is 38.1 Å². The minimum atomic E-state index is -0.717. The highest BCUT2D eigenvalue weighted by Gasteiger charge is 2.33. The minimum absolute atomic E-state index is 0.436. The van der Waals surface area contributed by atoms with E-state index in [2.05, 4.69) is 11.5 Å². The van der Waals surface area contributed by atoms with Gasteiger partial charge in [0, 0.05) is 11.4 Å². The van der Waals surface area contributed by atoms with Crippen LogP contribution in [0.3, 0.4) is 0 Å². The van der Waals surface area contributed by atoms with Crippen LogP contribution >= 0.6 is 11.3 Å². The average Bonchev–Trinajstić information content (AvgIpc) is 2.85. The minimum Gasteiger partial charge on any atom is -0.480 e. The predicted molar refractivity (Wildman–Crippen MR) is 78.6 cm³/mol. The van der Waals surface area contributed by atoms with Crippen LogP contribution in [0, 0.1) is 0 Å². The Morgan fingerprint density at radius 2 is 2.37 bits per heavy atom. The highest BCUT2D eigenvalue weighted by Crippen LogP contribution is 2.33. The van der Waals surface area contributed by atoms with Crippen molar-refractivity contribution in [3.63, 3.8) is 0 Å². The summed E-state index contributed by atoms with van der Waals surface area (Å²) in [4.78, 5) is 14.9. The van der Waals surface area contributed by atoms with Crippen LogP contribution in [-0.4, -0.2) is 29.1 Å². The highest BCUT2D eigenvalue weighted by atomic mass is 32.1. The van der Waals surface area contributed by atoms with Crippen LogP contribution in [-0.2, 0) is 11.2 Å². The van der Waals surface area contributed by atoms with E-state index >= 15 is 0 Å². The molecule has 0 fully saturated rings. The molecule has 1 atom stereocenters. The summed E-state index contributed by atoms with van der Waals surface area (Å²) in [5.41, 5.74) is 1.01. The summed E-state index contributed by atoms with van der Waals surface area (Å²) < 4.78 is 0. The van der Waals surface area contributed by atoms with E-state index in [4.69, 9.17) is 0 Å². The smallest absolute Gasteiger partial charge is 0.325 e. The van der Waals surface area contributed by atoms with E-state index in [1.54, 1.807) is 11.3 Å². The number of aliphatic carboxylic acids is 1. The molecule has 1 aromatic rings. The molecule has 0 spiro atoms. The average molecular weight is 279 g/mol. The lowest BCUT2D eigenvalue weighted by Gasteiger charge is -2.33. The molecule has 4 heteroatoms. The van der Waals surface area contributed by atoms with E-state index in [1.165, 1.54) is 4.88 Å². The number of carboxylic acids is 1. The lowest BCUT2D eigenvalue weighted by Crippen LogP contribution is -2.39. The van der Waals surface area contributed by atoms with E-state index < -0.39 is 12.0 Å². The number of hydrogen-bond acceptors (Lipinski definition) is 3. The van der Waals surface area contributed by atoms with Gasteiger partial charge in [0.15, 0.2) is 0 Å². The maximum absolute atomic E-state index is 11.5. The van der Waals surface area contributed by atoms with Crippen LogP contribution in [0.4, 0.5) is 0 Å². The topological polar surface area (TPSA) is 40.5 Å². The van der Waals surface area contributed by atoms with Gasteiger partial charge in [0.25, 0.3) is 0 Å². The van der Waals surface area contributed by atoms with Crippen LogP contribution in [0.2, 0.25) is 0 Å². The van der Waals surface area contributed by atoms with Gasteiger partial charge in [-0.2, -0.15) is 0 Å². The molecule has 0 amide bonds. The van der Waals surface area contributed by atoms with Crippen LogP contribution in [0.25, 0.3) is 0 Å². The van der Waals surface area contributed by atoms with Crippen molar-refractivity contribution >= 4 is 17.3 Å². The largest absolute Gasteiger partial charge is 0.480 e. The van der Waals surface area contributed by atoms with Gasteiger partial charge in [-0.15, -0.1) is 17.9 Å². The molecule has 104 valence electrons. The maximum atomic E-state index is 11.5. The molecule has 0 saturated carbocycles. The van der Waals surface area contributed by atoms with Crippen molar-refractivity contribution < 1.29 is 9.90 Å². The van der Waals surface area contributed by atoms with E-state index in [0.29, 0.717) is 0 Å². The lowest BCUT2D eigenvalue weighted by molar-refractivity contribution is -0.144. The first-order valence-electron chi connectivity index (χ1n) is 6.88. The number of unbranched alkanes of at least 4 members (excludes halogenated alkanes) is 3. The number of hydrogen-bond donors (Lipinski definition) is 1. The second-order valence-corrected chi connectivity index (χ2v) is 5.96. The highest BCUT2D eigenvalue weighted by molar-refractivity contribution is 7.10. The second-order valence-electron chi connectivity index (χ2n) is 4.96. The van der Waals surface area contributed by atoms with Gasteiger partial charge < -0.3 is 5.11 Å². The fourth-order valence-electron chi connectivity index (χ4n) is 2.68. The number of allylic oxidation sites excluding steroid dienone is 1. The molecule has 1 unspecified atom stereocenters. The Kier molecular flexibility index (Phi) is 5.16. The Bertz CT molecular complexity index is 441. The zero-order valence-electron chi connectivity index (χ0n) is 11.2. The van der Waals surface area contributed by atoms with Crippen molar-refractivity contribution in [2.24, 2.45) is 0 Å². The van der Waals surface area contributed by atoms with Gasteiger partial charge in [-0.1, -0.05) is 12.5 Å². The molecule has 1 N–H and O–H groups in total. The molecule has 2 heterocycles. The second kappa shape index (κ2) is 6.87. The monoisotopic (exact) mass is 279 g/mol.